The summed E-state index contributed by atoms with van der Waals surface area (Å²) in [6, 6.07) is 6.48. The van der Waals surface area contributed by atoms with Crippen molar-refractivity contribution < 1.29 is 9.18 Å². The summed E-state index contributed by atoms with van der Waals surface area (Å²) in [5.41, 5.74) is 2.26. The highest BCUT2D eigenvalue weighted by molar-refractivity contribution is 9.10. The summed E-state index contributed by atoms with van der Waals surface area (Å²) in [7, 11) is 0. The van der Waals surface area contributed by atoms with E-state index in [2.05, 4.69) is 52.8 Å². The molecule has 1 aliphatic heterocycles. The number of halogens is 2. The van der Waals surface area contributed by atoms with Crippen LogP contribution >= 0.6 is 15.9 Å². The molecule has 0 N–H and O–H groups in total. The molecule has 0 fully saturated rings. The smallest absolute Gasteiger partial charge is 0.259 e. The van der Waals surface area contributed by atoms with Gasteiger partial charge in [0.1, 0.15) is 5.82 Å². The van der Waals surface area contributed by atoms with Crippen LogP contribution in [0.1, 0.15) is 42.1 Å². The minimum Gasteiger partial charge on any atom is -0.307 e. The molecule has 1 amide bonds. The molecule has 1 atom stereocenters. The molecular formula is C22H27BrFN3O. The first-order valence-electron chi connectivity index (χ1n) is 9.47. The van der Waals surface area contributed by atoms with E-state index in [4.69, 9.17) is 0 Å². The van der Waals surface area contributed by atoms with Crippen LogP contribution in [-0.2, 0) is 0 Å². The van der Waals surface area contributed by atoms with Gasteiger partial charge in [0.05, 0.1) is 5.56 Å². The van der Waals surface area contributed by atoms with E-state index in [9.17, 15) is 9.18 Å². The summed E-state index contributed by atoms with van der Waals surface area (Å²) in [6.45, 7) is 13.8. The second-order valence-corrected chi connectivity index (χ2v) is 7.44. The van der Waals surface area contributed by atoms with Crippen LogP contribution in [0.3, 0.4) is 0 Å². The van der Waals surface area contributed by atoms with E-state index in [1.54, 1.807) is 35.5 Å². The van der Waals surface area contributed by atoms with Gasteiger partial charge in [-0.3, -0.25) is 9.78 Å². The van der Waals surface area contributed by atoms with Crippen molar-refractivity contribution >= 4 is 27.5 Å². The molecular weight excluding hydrogens is 421 g/mol. The number of hydrogen-bond acceptors (Lipinski definition) is 3. The second kappa shape index (κ2) is 10.5. The van der Waals surface area contributed by atoms with E-state index >= 15 is 0 Å². The fourth-order valence-electron chi connectivity index (χ4n) is 3.52. The van der Waals surface area contributed by atoms with Gasteiger partial charge in [0, 0.05) is 35.0 Å². The summed E-state index contributed by atoms with van der Waals surface area (Å²) in [5, 5.41) is 0. The maximum Gasteiger partial charge on any atom is 0.259 e. The molecule has 4 nitrogen and oxygen atoms in total. The number of aromatic nitrogens is 1. The molecule has 0 aliphatic carbocycles. The van der Waals surface area contributed by atoms with Gasteiger partial charge in [0.15, 0.2) is 0 Å². The third-order valence-corrected chi connectivity index (χ3v) is 5.44. The number of carbonyl (C=O) groups is 1. The van der Waals surface area contributed by atoms with Gasteiger partial charge in [0.25, 0.3) is 5.91 Å². The summed E-state index contributed by atoms with van der Waals surface area (Å²) < 4.78 is 14.6. The summed E-state index contributed by atoms with van der Waals surface area (Å²) in [5.74, 6) is -0.211. The van der Waals surface area contributed by atoms with E-state index < -0.39 is 0 Å². The lowest BCUT2D eigenvalue weighted by Gasteiger charge is -2.21. The second-order valence-electron chi connectivity index (χ2n) is 6.52. The van der Waals surface area contributed by atoms with Crippen molar-refractivity contribution in [3.05, 3.63) is 71.2 Å². The van der Waals surface area contributed by atoms with Gasteiger partial charge in [-0.25, -0.2) is 4.39 Å². The predicted molar refractivity (Wildman–Crippen MR) is 116 cm³/mol. The number of benzene rings is 1. The number of fused-ring (bicyclic) bond motifs is 1. The molecule has 2 heterocycles. The van der Waals surface area contributed by atoms with Crippen LogP contribution < -0.4 is 4.90 Å². The quantitative estimate of drug-likeness (QED) is 0.566. The first-order chi connectivity index (χ1) is 13.5. The van der Waals surface area contributed by atoms with Crippen LogP contribution in [0.15, 0.2) is 54.3 Å². The van der Waals surface area contributed by atoms with Crippen molar-refractivity contribution in [2.24, 2.45) is 0 Å². The number of rotatable bonds is 6. The van der Waals surface area contributed by atoms with E-state index in [1.165, 1.54) is 6.07 Å². The van der Waals surface area contributed by atoms with Crippen molar-refractivity contribution in [1.82, 2.24) is 9.88 Å². The topological polar surface area (TPSA) is 36.4 Å². The van der Waals surface area contributed by atoms with Crippen LogP contribution in [0, 0.1) is 5.82 Å². The van der Waals surface area contributed by atoms with Crippen molar-refractivity contribution in [3.8, 4) is 0 Å². The standard InChI is InChI=1S/C20H23BrFN3O.C2H4/c1-3-24(4-2)8-7-14-13-25(19-6-5-17(22)10-18(14)19)20(26)15-9-16(21)12-23-11-15;1-2/h5-6,9-12,14H,3-4,7-8,13H2,1-2H3;1-2H2. The third-order valence-electron chi connectivity index (χ3n) is 5.01. The molecule has 0 saturated heterocycles. The van der Waals surface area contributed by atoms with Gasteiger partial charge in [0.2, 0.25) is 0 Å². The molecule has 1 aromatic carbocycles. The average molecular weight is 448 g/mol. The maximum absolute atomic E-state index is 13.8. The zero-order valence-corrected chi connectivity index (χ0v) is 18.1. The molecule has 150 valence electrons. The van der Waals surface area contributed by atoms with Gasteiger partial charge in [-0.15, -0.1) is 13.2 Å². The summed E-state index contributed by atoms with van der Waals surface area (Å²) in [4.78, 5) is 21.2. The Morgan fingerprint density at radius 1 is 1.29 bits per heavy atom. The molecule has 28 heavy (non-hydrogen) atoms. The Morgan fingerprint density at radius 2 is 2.00 bits per heavy atom. The Morgan fingerprint density at radius 3 is 2.64 bits per heavy atom. The largest absolute Gasteiger partial charge is 0.307 e. The van der Waals surface area contributed by atoms with Crippen molar-refractivity contribution in [3.63, 3.8) is 0 Å². The minimum absolute atomic E-state index is 0.100. The number of hydrogen-bond donors (Lipinski definition) is 0. The first kappa shape index (κ1) is 22.2. The lowest BCUT2D eigenvalue weighted by molar-refractivity contribution is 0.0987. The van der Waals surface area contributed by atoms with Gasteiger partial charge >= 0.3 is 0 Å². The number of carbonyl (C=O) groups excluding carboxylic acids is 1. The zero-order chi connectivity index (χ0) is 20.7. The van der Waals surface area contributed by atoms with Crippen molar-refractivity contribution in [1.29, 1.82) is 0 Å². The molecule has 3 rings (SSSR count). The van der Waals surface area contributed by atoms with Gasteiger partial charge in [-0.2, -0.15) is 0 Å². The Bertz CT molecular complexity index is 810. The van der Waals surface area contributed by atoms with Crippen molar-refractivity contribution in [2.45, 2.75) is 26.2 Å². The van der Waals surface area contributed by atoms with E-state index in [-0.39, 0.29) is 17.6 Å². The summed E-state index contributed by atoms with van der Waals surface area (Å²) in [6.07, 6.45) is 4.12. The zero-order valence-electron chi connectivity index (χ0n) is 16.5. The Hall–Kier alpha value is -2.05. The Labute approximate surface area is 175 Å². The molecule has 1 aliphatic rings. The third kappa shape index (κ3) is 5.06. The lowest BCUT2D eigenvalue weighted by atomic mass is 9.97. The molecule has 2 aromatic rings. The highest BCUT2D eigenvalue weighted by Gasteiger charge is 2.33. The number of anilines is 1. The molecule has 1 unspecified atom stereocenters. The normalized spacial score (nSPS) is 15.2. The van der Waals surface area contributed by atoms with Crippen LogP contribution in [0.25, 0.3) is 0 Å². The molecule has 0 bridgehead atoms. The van der Waals surface area contributed by atoms with Crippen molar-refractivity contribution in [2.75, 3.05) is 31.1 Å². The first-order valence-corrected chi connectivity index (χ1v) is 10.3. The highest BCUT2D eigenvalue weighted by Crippen LogP contribution is 2.39. The maximum atomic E-state index is 13.8. The molecule has 0 saturated carbocycles. The van der Waals surface area contributed by atoms with Crippen LogP contribution in [0.5, 0.6) is 0 Å². The Balaban J connectivity index is 0.00000136. The lowest BCUT2D eigenvalue weighted by Crippen LogP contribution is -2.31. The predicted octanol–water partition coefficient (Wildman–Crippen LogP) is 5.26. The Kier molecular flexibility index (Phi) is 8.33. The highest BCUT2D eigenvalue weighted by atomic mass is 79.9. The number of amides is 1. The SMILES string of the molecule is C=C.CCN(CC)CCC1CN(C(=O)c2cncc(Br)c2)c2ccc(F)cc21. The van der Waals surface area contributed by atoms with E-state index in [0.717, 1.165) is 41.8 Å². The van der Waals surface area contributed by atoms with E-state index in [1.807, 2.05) is 0 Å². The number of pyridine rings is 1. The minimum atomic E-state index is -0.255. The molecule has 1 aromatic heterocycles. The molecule has 0 radical (unpaired) electrons. The van der Waals surface area contributed by atoms with Crippen LogP contribution in [-0.4, -0.2) is 42.0 Å². The molecule has 0 spiro atoms. The van der Waals surface area contributed by atoms with E-state index in [0.29, 0.717) is 12.1 Å². The average Bonchev–Trinajstić information content (AvgIpc) is 3.07. The van der Waals surface area contributed by atoms with Gasteiger partial charge in [-0.1, -0.05) is 13.8 Å². The van der Waals surface area contributed by atoms with Crippen LogP contribution in [0.4, 0.5) is 10.1 Å². The number of nitrogens with zero attached hydrogens (tertiary/aromatic N) is 3. The fraction of sp³-hybridized carbons (Fsp3) is 0.364. The van der Waals surface area contributed by atoms with Gasteiger partial charge < -0.3 is 9.80 Å². The fourth-order valence-corrected chi connectivity index (χ4v) is 3.88. The molecule has 6 heteroatoms. The summed E-state index contributed by atoms with van der Waals surface area (Å²) >= 11 is 3.36. The van der Waals surface area contributed by atoms with Gasteiger partial charge in [-0.05, 0) is 71.8 Å². The van der Waals surface area contributed by atoms with Crippen LogP contribution in [0.2, 0.25) is 0 Å². The monoisotopic (exact) mass is 447 g/mol.